The Morgan fingerprint density at radius 1 is 1.28 bits per heavy atom. The zero-order chi connectivity index (χ0) is 16.8. The monoisotopic (exact) mass is 461 g/mol. The van der Waals surface area contributed by atoms with E-state index in [1.165, 1.54) is 25.7 Å². The molecular weight excluding hydrogens is 433 g/mol. The van der Waals surface area contributed by atoms with Crippen molar-refractivity contribution in [1.29, 1.82) is 0 Å². The molecule has 3 N–H and O–H groups in total. The van der Waals surface area contributed by atoms with E-state index in [4.69, 9.17) is 19.9 Å². The molecule has 1 atom stereocenters. The first-order valence-corrected chi connectivity index (χ1v) is 8.72. The van der Waals surface area contributed by atoms with Crippen LogP contribution >= 0.6 is 24.0 Å². The molecule has 2 fully saturated rings. The summed E-state index contributed by atoms with van der Waals surface area (Å²) in [7, 11) is 1.63. The number of hydrogen-bond donors (Lipinski definition) is 2. The van der Waals surface area contributed by atoms with Crippen LogP contribution in [0.3, 0.4) is 0 Å². The van der Waals surface area contributed by atoms with Crippen LogP contribution in [0.15, 0.2) is 29.3 Å². The van der Waals surface area contributed by atoms with Crippen LogP contribution in [0.1, 0.15) is 38.5 Å². The second kappa shape index (κ2) is 9.59. The molecule has 3 rings (SSSR count). The number of methoxy groups -OCH3 is 1. The molecule has 0 radical (unpaired) electrons. The van der Waals surface area contributed by atoms with Crippen molar-refractivity contribution in [2.24, 2.45) is 10.7 Å². The van der Waals surface area contributed by atoms with E-state index in [1.807, 2.05) is 24.3 Å². The smallest absolute Gasteiger partial charge is 0.193 e. The molecule has 1 aliphatic heterocycles. The van der Waals surface area contributed by atoms with E-state index >= 15 is 0 Å². The molecule has 1 aliphatic carbocycles. The van der Waals surface area contributed by atoms with Crippen LogP contribution in [-0.4, -0.2) is 38.1 Å². The first kappa shape index (κ1) is 20.3. The minimum absolute atomic E-state index is 0. The number of nitrogens with one attached hydrogen (secondary N) is 1. The van der Waals surface area contributed by atoms with E-state index in [0.29, 0.717) is 19.1 Å². The van der Waals surface area contributed by atoms with Gasteiger partial charge in [-0.3, -0.25) is 4.99 Å². The highest BCUT2D eigenvalue weighted by molar-refractivity contribution is 14.0. The predicted octanol–water partition coefficient (Wildman–Crippen LogP) is 3.51. The Labute approximate surface area is 166 Å². The van der Waals surface area contributed by atoms with E-state index < -0.39 is 0 Å². The summed E-state index contributed by atoms with van der Waals surface area (Å²) in [6, 6.07) is 7.60. The normalized spacial score (nSPS) is 22.9. The van der Waals surface area contributed by atoms with Crippen molar-refractivity contribution in [3.8, 4) is 5.75 Å². The van der Waals surface area contributed by atoms with Crippen molar-refractivity contribution in [1.82, 2.24) is 0 Å². The largest absolute Gasteiger partial charge is 0.495 e. The third kappa shape index (κ3) is 5.46. The summed E-state index contributed by atoms with van der Waals surface area (Å²) < 4.78 is 17.5. The minimum atomic E-state index is -0.373. The van der Waals surface area contributed by atoms with Gasteiger partial charge in [0.15, 0.2) is 11.7 Å². The molecule has 0 amide bonds. The van der Waals surface area contributed by atoms with Crippen LogP contribution in [0.2, 0.25) is 0 Å². The molecule has 6 nitrogen and oxygen atoms in total. The van der Waals surface area contributed by atoms with Gasteiger partial charge in [0, 0.05) is 12.8 Å². The van der Waals surface area contributed by atoms with Gasteiger partial charge in [-0.05, 0) is 25.0 Å². The van der Waals surface area contributed by atoms with Crippen LogP contribution < -0.4 is 15.8 Å². The maximum Gasteiger partial charge on any atom is 0.193 e. The fraction of sp³-hybridized carbons (Fsp3) is 0.611. The van der Waals surface area contributed by atoms with Crippen molar-refractivity contribution in [3.05, 3.63) is 24.3 Å². The number of anilines is 1. The number of nitrogens with zero attached hydrogens (tertiary/aromatic N) is 1. The summed E-state index contributed by atoms with van der Waals surface area (Å²) in [6.45, 7) is 1.08. The average molecular weight is 461 g/mol. The van der Waals surface area contributed by atoms with Crippen molar-refractivity contribution in [2.75, 3.05) is 25.6 Å². The Morgan fingerprint density at radius 2 is 2.00 bits per heavy atom. The fourth-order valence-electron chi connectivity index (χ4n) is 3.36. The molecular formula is C18H28IN3O3. The number of rotatable bonds is 4. The van der Waals surface area contributed by atoms with Crippen LogP contribution in [-0.2, 0) is 9.47 Å². The summed E-state index contributed by atoms with van der Waals surface area (Å²) in [5, 5.41) is 3.07. The maximum absolute atomic E-state index is 6.18. The zero-order valence-corrected chi connectivity index (χ0v) is 17.0. The first-order valence-electron chi connectivity index (χ1n) is 8.72. The summed E-state index contributed by atoms with van der Waals surface area (Å²) in [4.78, 5) is 4.40. The number of halogens is 1. The molecule has 1 saturated heterocycles. The van der Waals surface area contributed by atoms with E-state index in [9.17, 15) is 0 Å². The number of ether oxygens (including phenoxy) is 3. The van der Waals surface area contributed by atoms with Gasteiger partial charge in [-0.15, -0.1) is 24.0 Å². The highest BCUT2D eigenvalue weighted by Crippen LogP contribution is 2.36. The Balaban J connectivity index is 0.00000225. The number of hydrogen-bond acceptors (Lipinski definition) is 4. The zero-order valence-electron chi connectivity index (χ0n) is 14.7. The fourth-order valence-corrected chi connectivity index (χ4v) is 3.36. The Hall–Kier alpha value is -1.06. The van der Waals surface area contributed by atoms with Crippen molar-refractivity contribution in [3.63, 3.8) is 0 Å². The van der Waals surface area contributed by atoms with E-state index in [1.54, 1.807) is 7.11 Å². The SMILES string of the molecule is COc1ccccc1NC(N)=NCC1COC2(CCCCCC2)O1.I. The maximum atomic E-state index is 6.18. The van der Waals surface area contributed by atoms with Crippen molar-refractivity contribution < 1.29 is 14.2 Å². The molecule has 1 saturated carbocycles. The second-order valence-corrected chi connectivity index (χ2v) is 6.43. The van der Waals surface area contributed by atoms with Gasteiger partial charge in [-0.25, -0.2) is 0 Å². The summed E-state index contributed by atoms with van der Waals surface area (Å²) >= 11 is 0. The lowest BCUT2D eigenvalue weighted by atomic mass is 10.1. The molecule has 1 aromatic rings. The lowest BCUT2D eigenvalue weighted by Crippen LogP contribution is -2.31. The molecule has 1 unspecified atom stereocenters. The molecule has 25 heavy (non-hydrogen) atoms. The topological polar surface area (TPSA) is 78.1 Å². The van der Waals surface area contributed by atoms with Gasteiger partial charge in [-0.2, -0.15) is 0 Å². The Kier molecular flexibility index (Phi) is 7.77. The Morgan fingerprint density at radius 3 is 2.72 bits per heavy atom. The predicted molar refractivity (Wildman–Crippen MR) is 110 cm³/mol. The molecule has 140 valence electrons. The minimum Gasteiger partial charge on any atom is -0.495 e. The van der Waals surface area contributed by atoms with Gasteiger partial charge in [0.2, 0.25) is 0 Å². The lowest BCUT2D eigenvalue weighted by Gasteiger charge is -2.26. The van der Waals surface area contributed by atoms with Gasteiger partial charge < -0.3 is 25.3 Å². The third-order valence-electron chi connectivity index (χ3n) is 4.61. The number of nitrogens with two attached hydrogens (primary N) is 1. The Bertz CT molecular complexity index is 574. The lowest BCUT2D eigenvalue weighted by molar-refractivity contribution is -0.174. The molecule has 1 aromatic carbocycles. The number of guanidine groups is 1. The van der Waals surface area contributed by atoms with Crippen LogP contribution in [0.4, 0.5) is 5.69 Å². The number of aliphatic imine (C=N–C) groups is 1. The molecule has 1 heterocycles. The van der Waals surface area contributed by atoms with Crippen LogP contribution in [0, 0.1) is 0 Å². The van der Waals surface area contributed by atoms with Crippen LogP contribution in [0.25, 0.3) is 0 Å². The second-order valence-electron chi connectivity index (χ2n) is 6.43. The molecule has 2 aliphatic rings. The summed E-state index contributed by atoms with van der Waals surface area (Å²) in [5.74, 6) is 0.708. The summed E-state index contributed by atoms with van der Waals surface area (Å²) in [6.07, 6.45) is 6.84. The number of para-hydroxylation sites is 2. The van der Waals surface area contributed by atoms with Gasteiger partial charge >= 0.3 is 0 Å². The summed E-state index contributed by atoms with van der Waals surface area (Å²) in [5.41, 5.74) is 6.79. The highest BCUT2D eigenvalue weighted by Gasteiger charge is 2.41. The standard InChI is InChI=1S/C18H27N3O3.HI/c1-22-16-9-5-4-8-15(16)21-17(19)20-12-14-13-23-18(24-14)10-6-2-3-7-11-18;/h4-5,8-9,14H,2-3,6-7,10-13H2,1H3,(H3,19,20,21);1H. The first-order chi connectivity index (χ1) is 11.7. The quantitative estimate of drug-likeness (QED) is 0.408. The van der Waals surface area contributed by atoms with Gasteiger partial charge in [-0.1, -0.05) is 25.0 Å². The highest BCUT2D eigenvalue weighted by atomic mass is 127. The van der Waals surface area contributed by atoms with Gasteiger partial charge in [0.05, 0.1) is 25.9 Å². The molecule has 7 heteroatoms. The van der Waals surface area contributed by atoms with Crippen molar-refractivity contribution >= 4 is 35.6 Å². The van der Waals surface area contributed by atoms with Crippen molar-refractivity contribution in [2.45, 2.75) is 50.4 Å². The molecule has 0 aromatic heterocycles. The average Bonchev–Trinajstić information content (AvgIpc) is 2.85. The third-order valence-corrected chi connectivity index (χ3v) is 4.61. The van der Waals surface area contributed by atoms with Crippen LogP contribution in [0.5, 0.6) is 5.75 Å². The van der Waals surface area contributed by atoms with E-state index in [2.05, 4.69) is 10.3 Å². The van der Waals surface area contributed by atoms with E-state index in [-0.39, 0.29) is 35.9 Å². The van der Waals surface area contributed by atoms with E-state index in [0.717, 1.165) is 24.3 Å². The van der Waals surface area contributed by atoms with Gasteiger partial charge in [0.25, 0.3) is 0 Å². The molecule has 1 spiro atoms. The molecule has 0 bridgehead atoms. The van der Waals surface area contributed by atoms with Gasteiger partial charge in [0.1, 0.15) is 11.9 Å². The number of benzene rings is 1.